The van der Waals surface area contributed by atoms with Crippen LogP contribution in [0, 0.1) is 0 Å². The van der Waals surface area contributed by atoms with E-state index in [-0.39, 0.29) is 0 Å². The molecule has 61 valence electrons. The first-order valence-electron chi connectivity index (χ1n) is 3.37. The molecular formula is C8H8N3Se. The van der Waals surface area contributed by atoms with Crippen molar-refractivity contribution in [2.45, 2.75) is 0 Å². The first-order chi connectivity index (χ1) is 5.79. The van der Waals surface area contributed by atoms with E-state index in [1.54, 1.807) is 6.21 Å². The summed E-state index contributed by atoms with van der Waals surface area (Å²) in [4.78, 5) is 0. The summed E-state index contributed by atoms with van der Waals surface area (Å²) in [6, 6.07) is 9.70. The van der Waals surface area contributed by atoms with Crippen LogP contribution in [0.1, 0.15) is 5.56 Å². The third kappa shape index (κ3) is 3.32. The Bertz CT molecular complexity index is 288. The number of nitrogens with two attached hydrogens (primary N) is 1. The fourth-order valence-corrected chi connectivity index (χ4v) is 0.790. The van der Waals surface area contributed by atoms with Crippen LogP contribution in [0.15, 0.2) is 40.5 Å². The average Bonchev–Trinajstić information content (AvgIpc) is 2.05. The van der Waals surface area contributed by atoms with E-state index in [9.17, 15) is 0 Å². The summed E-state index contributed by atoms with van der Waals surface area (Å²) in [5, 5.41) is 7.38. The molecule has 0 atom stereocenters. The number of rotatable bonds is 2. The first-order valence-corrected chi connectivity index (χ1v) is 4.23. The van der Waals surface area contributed by atoms with Crippen molar-refractivity contribution in [2.24, 2.45) is 15.9 Å². The van der Waals surface area contributed by atoms with Gasteiger partial charge in [0, 0.05) is 0 Å². The molecule has 0 saturated heterocycles. The normalized spacial score (nSPS) is 12.2. The maximum absolute atomic E-state index is 5.24. The second-order valence-electron chi connectivity index (χ2n) is 2.09. The second kappa shape index (κ2) is 4.70. The van der Waals surface area contributed by atoms with Crippen molar-refractivity contribution in [3.63, 3.8) is 0 Å². The maximum atomic E-state index is 5.24. The van der Waals surface area contributed by atoms with Crippen molar-refractivity contribution in [3.8, 4) is 0 Å². The molecule has 0 spiro atoms. The molecule has 0 aromatic heterocycles. The molecule has 2 N–H and O–H groups in total. The number of hydrogen-bond acceptors (Lipinski definition) is 2. The van der Waals surface area contributed by atoms with Gasteiger partial charge in [0.25, 0.3) is 0 Å². The molecule has 1 aromatic rings. The molecule has 3 nitrogen and oxygen atoms in total. The molecular weight excluding hydrogens is 217 g/mol. The van der Waals surface area contributed by atoms with E-state index in [0.29, 0.717) is 4.73 Å². The molecule has 0 aliphatic heterocycles. The molecule has 4 heteroatoms. The molecule has 0 saturated carbocycles. The summed E-state index contributed by atoms with van der Waals surface area (Å²) < 4.78 is 0.335. The summed E-state index contributed by atoms with van der Waals surface area (Å²) in [5.41, 5.74) is 6.24. The van der Waals surface area contributed by atoms with Crippen molar-refractivity contribution in [1.29, 1.82) is 0 Å². The molecule has 1 rings (SSSR count). The Morgan fingerprint density at radius 1 is 1.33 bits per heavy atom. The topological polar surface area (TPSA) is 50.7 Å². The van der Waals surface area contributed by atoms with E-state index in [1.807, 2.05) is 30.3 Å². The Kier molecular flexibility index (Phi) is 3.51. The van der Waals surface area contributed by atoms with Crippen LogP contribution in [-0.2, 0) is 0 Å². The van der Waals surface area contributed by atoms with Gasteiger partial charge in [-0.1, -0.05) is 0 Å². The van der Waals surface area contributed by atoms with E-state index in [4.69, 9.17) is 5.73 Å². The van der Waals surface area contributed by atoms with E-state index >= 15 is 0 Å². The zero-order valence-electron chi connectivity index (χ0n) is 6.34. The molecule has 0 bridgehead atoms. The second-order valence-corrected chi connectivity index (χ2v) is 2.97. The van der Waals surface area contributed by atoms with Gasteiger partial charge in [-0.2, -0.15) is 0 Å². The number of nitrogens with zero attached hydrogens (tertiary/aromatic N) is 2. The Morgan fingerprint density at radius 2 is 2.00 bits per heavy atom. The van der Waals surface area contributed by atoms with Gasteiger partial charge < -0.3 is 0 Å². The van der Waals surface area contributed by atoms with E-state index in [2.05, 4.69) is 26.2 Å². The average molecular weight is 225 g/mol. The molecule has 0 amide bonds. The van der Waals surface area contributed by atoms with Crippen LogP contribution >= 0.6 is 0 Å². The van der Waals surface area contributed by atoms with Crippen molar-refractivity contribution >= 4 is 27.0 Å². The minimum absolute atomic E-state index is 0.335. The third-order valence-corrected chi connectivity index (χ3v) is 1.33. The fourth-order valence-electron chi connectivity index (χ4n) is 0.692. The van der Waals surface area contributed by atoms with Crippen LogP contribution in [0.5, 0.6) is 0 Å². The Hall–Kier alpha value is -1.12. The molecule has 0 heterocycles. The fraction of sp³-hybridized carbons (Fsp3) is 0. The molecule has 0 unspecified atom stereocenters. The zero-order chi connectivity index (χ0) is 8.81. The van der Waals surface area contributed by atoms with Crippen molar-refractivity contribution in [3.05, 3.63) is 35.9 Å². The van der Waals surface area contributed by atoms with Crippen LogP contribution in [-0.4, -0.2) is 27.0 Å². The molecule has 0 fully saturated rings. The molecule has 12 heavy (non-hydrogen) atoms. The third-order valence-electron chi connectivity index (χ3n) is 1.16. The zero-order valence-corrected chi connectivity index (χ0v) is 8.06. The van der Waals surface area contributed by atoms with Gasteiger partial charge in [0.2, 0.25) is 0 Å². The quantitative estimate of drug-likeness (QED) is 0.339. The SMILES string of the molecule is NC([Se])=N/N=C/c1ccccc1. The van der Waals surface area contributed by atoms with Crippen molar-refractivity contribution in [1.82, 2.24) is 0 Å². The summed E-state index contributed by atoms with van der Waals surface area (Å²) in [6.07, 6.45) is 1.64. The minimum atomic E-state index is 0.335. The van der Waals surface area contributed by atoms with Gasteiger partial charge in [-0.15, -0.1) is 0 Å². The molecule has 0 aliphatic carbocycles. The van der Waals surface area contributed by atoms with E-state index in [1.165, 1.54) is 0 Å². The van der Waals surface area contributed by atoms with Gasteiger partial charge in [-0.3, -0.25) is 0 Å². The van der Waals surface area contributed by atoms with Crippen LogP contribution < -0.4 is 5.73 Å². The molecule has 0 aliphatic rings. The van der Waals surface area contributed by atoms with Crippen molar-refractivity contribution in [2.75, 3.05) is 0 Å². The monoisotopic (exact) mass is 226 g/mol. The van der Waals surface area contributed by atoms with Crippen LogP contribution in [0.25, 0.3) is 0 Å². The predicted octanol–water partition coefficient (Wildman–Crippen LogP) is 0.504. The standard InChI is InChI=1S/C8H8N3Se/c9-8(12)11-10-6-7-4-2-1-3-5-7/h1-6H,(H2,9,11)/b10-6+. The number of hydrogen-bond donors (Lipinski definition) is 1. The van der Waals surface area contributed by atoms with Gasteiger partial charge in [-0.25, -0.2) is 0 Å². The van der Waals surface area contributed by atoms with Crippen LogP contribution in [0.4, 0.5) is 0 Å². The summed E-state index contributed by atoms with van der Waals surface area (Å²) in [6.45, 7) is 0. The Balaban J connectivity index is 2.64. The van der Waals surface area contributed by atoms with Gasteiger partial charge in [0.15, 0.2) is 0 Å². The summed E-state index contributed by atoms with van der Waals surface area (Å²) in [5.74, 6) is 0. The Morgan fingerprint density at radius 3 is 2.58 bits per heavy atom. The van der Waals surface area contributed by atoms with E-state index in [0.717, 1.165) is 5.56 Å². The van der Waals surface area contributed by atoms with E-state index < -0.39 is 0 Å². The predicted molar refractivity (Wildman–Crippen MR) is 51.4 cm³/mol. The van der Waals surface area contributed by atoms with Gasteiger partial charge in [-0.05, 0) is 0 Å². The van der Waals surface area contributed by atoms with Crippen LogP contribution in [0.2, 0.25) is 0 Å². The van der Waals surface area contributed by atoms with Gasteiger partial charge >= 0.3 is 78.8 Å². The summed E-state index contributed by atoms with van der Waals surface area (Å²) in [7, 11) is 0. The molecule has 1 aromatic carbocycles. The summed E-state index contributed by atoms with van der Waals surface area (Å²) >= 11 is 2.54. The van der Waals surface area contributed by atoms with Gasteiger partial charge in [0.1, 0.15) is 0 Å². The molecule has 1 radical (unpaired) electrons. The van der Waals surface area contributed by atoms with Gasteiger partial charge in [0.05, 0.1) is 0 Å². The number of benzene rings is 1. The Labute approximate surface area is 79.2 Å². The van der Waals surface area contributed by atoms with Crippen molar-refractivity contribution < 1.29 is 0 Å². The first kappa shape index (κ1) is 8.97. The van der Waals surface area contributed by atoms with Crippen LogP contribution in [0.3, 0.4) is 0 Å². The number of amidine groups is 1.